The largest absolute Gasteiger partial charge is 0.378 e. The minimum atomic E-state index is -0.228. The lowest BCUT2D eigenvalue weighted by molar-refractivity contribution is 0.122. The lowest BCUT2D eigenvalue weighted by atomic mass is 9.80. The number of nitriles is 1. The van der Waals surface area contributed by atoms with Crippen molar-refractivity contribution < 1.29 is 9.13 Å². The summed E-state index contributed by atoms with van der Waals surface area (Å²) in [5.41, 5.74) is 4.26. The Hall–Kier alpha value is -2.98. The molecule has 1 aromatic carbocycles. The second-order valence-electron chi connectivity index (χ2n) is 8.11. The molecule has 7 heteroatoms. The van der Waals surface area contributed by atoms with Crippen LogP contribution in [0.15, 0.2) is 36.8 Å². The first-order chi connectivity index (χ1) is 14.7. The molecule has 1 aliphatic carbocycles. The fourth-order valence-electron chi connectivity index (χ4n) is 4.71. The van der Waals surface area contributed by atoms with E-state index in [1.807, 2.05) is 27.7 Å². The molecule has 0 N–H and O–H groups in total. The number of rotatable bonds is 3. The Kier molecular flexibility index (Phi) is 5.09. The van der Waals surface area contributed by atoms with Gasteiger partial charge in [0.25, 0.3) is 0 Å². The van der Waals surface area contributed by atoms with E-state index in [0.717, 1.165) is 48.0 Å². The van der Waals surface area contributed by atoms with Gasteiger partial charge in [0.1, 0.15) is 5.82 Å². The molecule has 0 unspecified atom stereocenters. The van der Waals surface area contributed by atoms with Gasteiger partial charge in [-0.3, -0.25) is 4.98 Å². The highest BCUT2D eigenvalue weighted by atomic mass is 19.1. The molecule has 2 fully saturated rings. The van der Waals surface area contributed by atoms with Gasteiger partial charge in [0.05, 0.1) is 42.4 Å². The molecule has 3 heterocycles. The predicted octanol–water partition coefficient (Wildman–Crippen LogP) is 4.17. The normalized spacial score (nSPS) is 22.2. The SMILES string of the molecule is N#CC1CCC(c2nccn3ncc(-c4ccc(N5CCOCC5)c(F)c4)c23)CC1. The van der Waals surface area contributed by atoms with E-state index >= 15 is 4.39 Å². The zero-order valence-corrected chi connectivity index (χ0v) is 16.8. The van der Waals surface area contributed by atoms with E-state index in [1.54, 1.807) is 18.5 Å². The first-order valence-electron chi connectivity index (χ1n) is 10.6. The van der Waals surface area contributed by atoms with Crippen LogP contribution < -0.4 is 4.90 Å². The summed E-state index contributed by atoms with van der Waals surface area (Å²) in [5, 5.41) is 13.7. The van der Waals surface area contributed by atoms with E-state index in [1.165, 1.54) is 0 Å². The lowest BCUT2D eigenvalue weighted by Crippen LogP contribution is -2.36. The number of nitrogens with zero attached hydrogens (tertiary/aromatic N) is 5. The van der Waals surface area contributed by atoms with Crippen LogP contribution in [0.2, 0.25) is 0 Å². The van der Waals surface area contributed by atoms with E-state index in [9.17, 15) is 5.26 Å². The van der Waals surface area contributed by atoms with Crippen LogP contribution in [0.3, 0.4) is 0 Å². The fraction of sp³-hybridized carbons (Fsp3) is 0.435. The van der Waals surface area contributed by atoms with E-state index in [4.69, 9.17) is 9.72 Å². The zero-order chi connectivity index (χ0) is 20.5. The minimum absolute atomic E-state index is 0.146. The van der Waals surface area contributed by atoms with Gasteiger partial charge >= 0.3 is 0 Å². The summed E-state index contributed by atoms with van der Waals surface area (Å²) < 4.78 is 22.2. The maximum atomic E-state index is 15.0. The molecular formula is C23H24FN5O. The van der Waals surface area contributed by atoms with E-state index in [0.29, 0.717) is 37.9 Å². The summed E-state index contributed by atoms with van der Waals surface area (Å²) in [6.07, 6.45) is 9.09. The van der Waals surface area contributed by atoms with Crippen LogP contribution in [-0.4, -0.2) is 40.9 Å². The quantitative estimate of drug-likeness (QED) is 0.654. The Bertz CT molecular complexity index is 1090. The molecule has 154 valence electrons. The van der Waals surface area contributed by atoms with Crippen LogP contribution >= 0.6 is 0 Å². The number of hydrogen-bond donors (Lipinski definition) is 0. The van der Waals surface area contributed by atoms with E-state index in [2.05, 4.69) is 11.2 Å². The average Bonchev–Trinajstić information content (AvgIpc) is 3.24. The van der Waals surface area contributed by atoms with Gasteiger partial charge in [0.15, 0.2) is 0 Å². The number of hydrogen-bond acceptors (Lipinski definition) is 5. The molecule has 3 aromatic rings. The highest BCUT2D eigenvalue weighted by molar-refractivity contribution is 5.82. The first-order valence-corrected chi connectivity index (χ1v) is 10.6. The van der Waals surface area contributed by atoms with Crippen molar-refractivity contribution >= 4 is 11.2 Å². The molecule has 6 nitrogen and oxygen atoms in total. The molecule has 2 aliphatic rings. The summed E-state index contributed by atoms with van der Waals surface area (Å²) in [4.78, 5) is 6.72. The Morgan fingerprint density at radius 1 is 1.13 bits per heavy atom. The van der Waals surface area contributed by atoms with Gasteiger partial charge in [-0.05, 0) is 43.4 Å². The highest BCUT2D eigenvalue weighted by Crippen LogP contribution is 2.39. The Balaban J connectivity index is 1.51. The highest BCUT2D eigenvalue weighted by Gasteiger charge is 2.26. The molecule has 2 aromatic heterocycles. The number of halogens is 1. The van der Waals surface area contributed by atoms with Crippen LogP contribution in [0.25, 0.3) is 16.6 Å². The Labute approximate surface area is 174 Å². The molecule has 0 atom stereocenters. The summed E-state index contributed by atoms with van der Waals surface area (Å²) >= 11 is 0. The minimum Gasteiger partial charge on any atom is -0.378 e. The van der Waals surface area contributed by atoms with Crippen molar-refractivity contribution in [1.82, 2.24) is 14.6 Å². The summed E-state index contributed by atoms with van der Waals surface area (Å²) in [7, 11) is 0. The van der Waals surface area contributed by atoms with Crippen molar-refractivity contribution in [2.45, 2.75) is 31.6 Å². The fourth-order valence-corrected chi connectivity index (χ4v) is 4.71. The number of fused-ring (bicyclic) bond motifs is 1. The smallest absolute Gasteiger partial charge is 0.147 e. The number of ether oxygens (including phenoxy) is 1. The summed E-state index contributed by atoms with van der Waals surface area (Å²) in [6.45, 7) is 2.65. The zero-order valence-electron chi connectivity index (χ0n) is 16.8. The molecule has 5 rings (SSSR count). The third-order valence-corrected chi connectivity index (χ3v) is 6.37. The topological polar surface area (TPSA) is 66.5 Å². The van der Waals surface area contributed by atoms with Gasteiger partial charge in [0.2, 0.25) is 0 Å². The number of benzene rings is 1. The van der Waals surface area contributed by atoms with Gasteiger partial charge in [-0.15, -0.1) is 0 Å². The van der Waals surface area contributed by atoms with Gasteiger partial charge < -0.3 is 9.64 Å². The number of anilines is 1. The van der Waals surface area contributed by atoms with E-state index < -0.39 is 0 Å². The van der Waals surface area contributed by atoms with Crippen LogP contribution in [0.5, 0.6) is 0 Å². The van der Waals surface area contributed by atoms with Crippen LogP contribution in [-0.2, 0) is 4.74 Å². The molecule has 0 spiro atoms. The predicted molar refractivity (Wildman–Crippen MR) is 112 cm³/mol. The lowest BCUT2D eigenvalue weighted by Gasteiger charge is -2.29. The third-order valence-electron chi connectivity index (χ3n) is 6.37. The monoisotopic (exact) mass is 405 g/mol. The van der Waals surface area contributed by atoms with Crippen LogP contribution in [0, 0.1) is 23.1 Å². The van der Waals surface area contributed by atoms with Crippen molar-refractivity contribution in [3.63, 3.8) is 0 Å². The maximum Gasteiger partial charge on any atom is 0.147 e. The molecule has 1 saturated heterocycles. The average molecular weight is 405 g/mol. The van der Waals surface area contributed by atoms with Crippen molar-refractivity contribution in [1.29, 1.82) is 5.26 Å². The third kappa shape index (κ3) is 3.41. The number of aromatic nitrogens is 3. The molecule has 0 radical (unpaired) electrons. The molecule has 1 aliphatic heterocycles. The maximum absolute atomic E-state index is 15.0. The van der Waals surface area contributed by atoms with Crippen LogP contribution in [0.1, 0.15) is 37.3 Å². The van der Waals surface area contributed by atoms with Gasteiger partial charge in [-0.25, -0.2) is 8.91 Å². The Morgan fingerprint density at radius 2 is 1.93 bits per heavy atom. The molecule has 0 amide bonds. The van der Waals surface area contributed by atoms with Gasteiger partial charge in [-0.1, -0.05) is 6.07 Å². The molecular weight excluding hydrogens is 381 g/mol. The van der Waals surface area contributed by atoms with Crippen molar-refractivity contribution in [3.8, 4) is 17.2 Å². The molecule has 30 heavy (non-hydrogen) atoms. The second kappa shape index (κ2) is 8.04. The number of morpholine rings is 1. The van der Waals surface area contributed by atoms with Gasteiger partial charge in [0, 0.05) is 42.9 Å². The van der Waals surface area contributed by atoms with Crippen LogP contribution in [0.4, 0.5) is 10.1 Å². The second-order valence-corrected chi connectivity index (χ2v) is 8.11. The summed E-state index contributed by atoms with van der Waals surface area (Å²) in [5.74, 6) is 0.215. The van der Waals surface area contributed by atoms with Gasteiger partial charge in [-0.2, -0.15) is 10.4 Å². The first kappa shape index (κ1) is 19.0. The molecule has 0 bridgehead atoms. The standard InChI is InChI=1S/C23H24FN5O/c24-20-13-18(5-6-21(20)28-9-11-30-12-10-28)19-15-27-29-8-7-26-22(23(19)29)17-3-1-16(14-25)2-4-17/h5-8,13,15-17H,1-4,9-12H2. The Morgan fingerprint density at radius 3 is 2.67 bits per heavy atom. The van der Waals surface area contributed by atoms with Crippen molar-refractivity contribution in [2.75, 3.05) is 31.2 Å². The van der Waals surface area contributed by atoms with Crippen molar-refractivity contribution in [3.05, 3.63) is 48.3 Å². The van der Waals surface area contributed by atoms with E-state index in [-0.39, 0.29) is 11.7 Å². The molecule has 1 saturated carbocycles. The van der Waals surface area contributed by atoms with Crippen molar-refractivity contribution in [2.24, 2.45) is 5.92 Å². The summed E-state index contributed by atoms with van der Waals surface area (Å²) in [6, 6.07) is 7.82.